The van der Waals surface area contributed by atoms with Gasteiger partial charge in [0.25, 0.3) is 0 Å². The standard InChI is InChI=1S/C15H12BrFN2/c1-8-4-3-5-11(13(8)17)15-18-12-7-10(16)6-9(2)14(12)19-15/h3-7H,1-2H3,(H,18,19). The van der Waals surface area contributed by atoms with Gasteiger partial charge in [-0.25, -0.2) is 9.37 Å². The number of imidazole rings is 1. The van der Waals surface area contributed by atoms with Crippen molar-refractivity contribution in [2.75, 3.05) is 0 Å². The molecule has 0 saturated heterocycles. The van der Waals surface area contributed by atoms with Crippen LogP contribution in [0.25, 0.3) is 22.4 Å². The lowest BCUT2D eigenvalue weighted by molar-refractivity contribution is 0.621. The van der Waals surface area contributed by atoms with Crippen molar-refractivity contribution in [3.63, 3.8) is 0 Å². The molecule has 2 aromatic carbocycles. The van der Waals surface area contributed by atoms with E-state index in [0.717, 1.165) is 21.1 Å². The molecule has 0 aliphatic heterocycles. The fourth-order valence-corrected chi connectivity index (χ4v) is 2.78. The van der Waals surface area contributed by atoms with Crippen LogP contribution in [-0.2, 0) is 0 Å². The van der Waals surface area contributed by atoms with Gasteiger partial charge in [-0.15, -0.1) is 0 Å². The Morgan fingerprint density at radius 1 is 1.16 bits per heavy atom. The number of aromatic amines is 1. The number of fused-ring (bicyclic) bond motifs is 1. The zero-order chi connectivity index (χ0) is 13.6. The first kappa shape index (κ1) is 12.4. The molecule has 0 unspecified atom stereocenters. The molecule has 0 atom stereocenters. The predicted molar refractivity (Wildman–Crippen MR) is 78.7 cm³/mol. The first-order chi connectivity index (χ1) is 9.06. The van der Waals surface area contributed by atoms with Gasteiger partial charge in [-0.05, 0) is 43.2 Å². The number of benzene rings is 2. The molecule has 0 fully saturated rings. The molecular weight excluding hydrogens is 307 g/mol. The highest BCUT2D eigenvalue weighted by molar-refractivity contribution is 9.10. The van der Waals surface area contributed by atoms with Crippen LogP contribution in [-0.4, -0.2) is 9.97 Å². The van der Waals surface area contributed by atoms with Gasteiger partial charge in [-0.2, -0.15) is 0 Å². The average Bonchev–Trinajstić information content (AvgIpc) is 2.76. The second kappa shape index (κ2) is 4.46. The Morgan fingerprint density at radius 2 is 1.95 bits per heavy atom. The van der Waals surface area contributed by atoms with Gasteiger partial charge in [-0.3, -0.25) is 0 Å². The van der Waals surface area contributed by atoms with Gasteiger partial charge in [0.15, 0.2) is 0 Å². The van der Waals surface area contributed by atoms with Gasteiger partial charge in [-0.1, -0.05) is 28.1 Å². The van der Waals surface area contributed by atoms with E-state index in [1.54, 1.807) is 19.1 Å². The second-order valence-corrected chi connectivity index (χ2v) is 5.56. The summed E-state index contributed by atoms with van der Waals surface area (Å²) in [4.78, 5) is 7.69. The van der Waals surface area contributed by atoms with E-state index in [9.17, 15) is 4.39 Å². The minimum absolute atomic E-state index is 0.224. The smallest absolute Gasteiger partial charge is 0.141 e. The minimum Gasteiger partial charge on any atom is -0.338 e. The van der Waals surface area contributed by atoms with Crippen LogP contribution in [0.2, 0.25) is 0 Å². The summed E-state index contributed by atoms with van der Waals surface area (Å²) < 4.78 is 15.1. The zero-order valence-electron chi connectivity index (χ0n) is 10.6. The third kappa shape index (κ3) is 2.06. The Kier molecular flexibility index (Phi) is 2.90. The molecule has 1 heterocycles. The molecule has 0 saturated carbocycles. The van der Waals surface area contributed by atoms with Crippen molar-refractivity contribution in [2.24, 2.45) is 0 Å². The summed E-state index contributed by atoms with van der Waals surface area (Å²) in [6.07, 6.45) is 0. The molecule has 96 valence electrons. The highest BCUT2D eigenvalue weighted by atomic mass is 79.9. The molecule has 0 aliphatic carbocycles. The number of halogens is 2. The predicted octanol–water partition coefficient (Wildman–Crippen LogP) is 4.75. The topological polar surface area (TPSA) is 28.7 Å². The summed E-state index contributed by atoms with van der Waals surface area (Å²) in [7, 11) is 0. The Balaban J connectivity index is 2.26. The maximum absolute atomic E-state index is 14.1. The van der Waals surface area contributed by atoms with Crippen LogP contribution in [0.15, 0.2) is 34.8 Å². The lowest BCUT2D eigenvalue weighted by Gasteiger charge is -2.01. The van der Waals surface area contributed by atoms with E-state index in [-0.39, 0.29) is 5.82 Å². The Hall–Kier alpha value is -1.68. The van der Waals surface area contributed by atoms with Crippen molar-refractivity contribution in [1.29, 1.82) is 0 Å². The Bertz CT molecular complexity index is 777. The molecule has 0 bridgehead atoms. The summed E-state index contributed by atoms with van der Waals surface area (Å²) in [5.74, 6) is 0.343. The number of aromatic nitrogens is 2. The summed E-state index contributed by atoms with van der Waals surface area (Å²) in [6.45, 7) is 3.74. The molecular formula is C15H12BrFN2. The fraction of sp³-hybridized carbons (Fsp3) is 0.133. The van der Waals surface area contributed by atoms with Gasteiger partial charge in [0.1, 0.15) is 11.6 Å². The van der Waals surface area contributed by atoms with E-state index >= 15 is 0 Å². The van der Waals surface area contributed by atoms with Crippen LogP contribution in [0.3, 0.4) is 0 Å². The van der Waals surface area contributed by atoms with Crippen molar-refractivity contribution < 1.29 is 4.39 Å². The van der Waals surface area contributed by atoms with Gasteiger partial charge < -0.3 is 4.98 Å². The van der Waals surface area contributed by atoms with Crippen molar-refractivity contribution in [3.05, 3.63) is 51.7 Å². The highest BCUT2D eigenvalue weighted by Crippen LogP contribution is 2.28. The number of hydrogen-bond acceptors (Lipinski definition) is 1. The number of nitrogens with one attached hydrogen (secondary N) is 1. The van der Waals surface area contributed by atoms with E-state index in [4.69, 9.17) is 0 Å². The van der Waals surface area contributed by atoms with Crippen molar-refractivity contribution in [2.45, 2.75) is 13.8 Å². The summed E-state index contributed by atoms with van der Waals surface area (Å²) in [5, 5.41) is 0. The normalized spacial score (nSPS) is 11.2. The first-order valence-corrected chi connectivity index (χ1v) is 6.77. The van der Waals surface area contributed by atoms with E-state index < -0.39 is 0 Å². The van der Waals surface area contributed by atoms with Gasteiger partial charge in [0.05, 0.1) is 16.6 Å². The third-order valence-corrected chi connectivity index (χ3v) is 3.65. The minimum atomic E-state index is -0.224. The van der Waals surface area contributed by atoms with Crippen LogP contribution in [0, 0.1) is 19.7 Å². The van der Waals surface area contributed by atoms with E-state index in [2.05, 4.69) is 25.9 Å². The van der Waals surface area contributed by atoms with E-state index in [0.29, 0.717) is 17.0 Å². The molecule has 2 nitrogen and oxygen atoms in total. The molecule has 1 N–H and O–H groups in total. The molecule has 0 aliphatic rings. The van der Waals surface area contributed by atoms with E-state index in [1.165, 1.54) is 0 Å². The fourth-order valence-electron chi connectivity index (χ4n) is 2.20. The summed E-state index contributed by atoms with van der Waals surface area (Å²) in [5.41, 5.74) is 3.96. The molecule has 3 aromatic rings. The molecule has 0 radical (unpaired) electrons. The second-order valence-electron chi connectivity index (χ2n) is 4.64. The van der Waals surface area contributed by atoms with Crippen LogP contribution < -0.4 is 0 Å². The number of H-pyrrole nitrogens is 1. The van der Waals surface area contributed by atoms with Crippen LogP contribution in [0.1, 0.15) is 11.1 Å². The van der Waals surface area contributed by atoms with Crippen molar-refractivity contribution >= 4 is 27.0 Å². The maximum Gasteiger partial charge on any atom is 0.141 e. The van der Waals surface area contributed by atoms with Gasteiger partial charge >= 0.3 is 0 Å². The SMILES string of the molecule is Cc1cccc(-c2nc3c(C)cc(Br)cc3[nH]2)c1F. The zero-order valence-corrected chi connectivity index (χ0v) is 12.2. The first-order valence-electron chi connectivity index (χ1n) is 5.97. The molecule has 3 rings (SSSR count). The lowest BCUT2D eigenvalue weighted by atomic mass is 10.1. The molecule has 1 aromatic heterocycles. The molecule has 19 heavy (non-hydrogen) atoms. The van der Waals surface area contributed by atoms with Crippen molar-refractivity contribution in [3.8, 4) is 11.4 Å². The van der Waals surface area contributed by atoms with Crippen LogP contribution >= 0.6 is 15.9 Å². The summed E-state index contributed by atoms with van der Waals surface area (Å²) in [6, 6.07) is 9.28. The average molecular weight is 319 g/mol. The quantitative estimate of drug-likeness (QED) is 0.689. The lowest BCUT2D eigenvalue weighted by Crippen LogP contribution is -1.89. The molecule has 0 amide bonds. The summed E-state index contributed by atoms with van der Waals surface area (Å²) >= 11 is 3.45. The Labute approximate surface area is 118 Å². The van der Waals surface area contributed by atoms with Crippen LogP contribution in [0.4, 0.5) is 4.39 Å². The number of rotatable bonds is 1. The van der Waals surface area contributed by atoms with Crippen molar-refractivity contribution in [1.82, 2.24) is 9.97 Å². The number of aryl methyl sites for hydroxylation is 2. The monoisotopic (exact) mass is 318 g/mol. The molecule has 4 heteroatoms. The van der Waals surface area contributed by atoms with E-state index in [1.807, 2.05) is 25.1 Å². The van der Waals surface area contributed by atoms with Gasteiger partial charge in [0, 0.05) is 4.47 Å². The van der Waals surface area contributed by atoms with Gasteiger partial charge in [0.2, 0.25) is 0 Å². The number of nitrogens with zero attached hydrogens (tertiary/aromatic N) is 1. The maximum atomic E-state index is 14.1. The Morgan fingerprint density at radius 3 is 2.74 bits per heavy atom. The molecule has 0 spiro atoms. The largest absolute Gasteiger partial charge is 0.338 e. The number of hydrogen-bond donors (Lipinski definition) is 1. The highest BCUT2D eigenvalue weighted by Gasteiger charge is 2.12. The van der Waals surface area contributed by atoms with Crippen LogP contribution in [0.5, 0.6) is 0 Å². The third-order valence-electron chi connectivity index (χ3n) is 3.19.